The second kappa shape index (κ2) is 7.74. The SMILES string of the molecule is Cc1cnc(CC2CCN(C(=O)c3cccnc3)C2)n1Cc1ccccc1. The number of amides is 1. The van der Waals surface area contributed by atoms with Gasteiger partial charge < -0.3 is 9.47 Å². The van der Waals surface area contributed by atoms with Gasteiger partial charge in [0.15, 0.2) is 0 Å². The number of pyridine rings is 1. The van der Waals surface area contributed by atoms with Gasteiger partial charge in [0.05, 0.1) is 5.56 Å². The second-order valence-electron chi connectivity index (χ2n) is 7.24. The minimum absolute atomic E-state index is 0.0782. The highest BCUT2D eigenvalue weighted by Crippen LogP contribution is 2.23. The zero-order valence-corrected chi connectivity index (χ0v) is 15.6. The van der Waals surface area contributed by atoms with Crippen molar-refractivity contribution in [3.8, 4) is 0 Å². The summed E-state index contributed by atoms with van der Waals surface area (Å²) in [7, 11) is 0. The number of carbonyl (C=O) groups is 1. The molecule has 27 heavy (non-hydrogen) atoms. The van der Waals surface area contributed by atoms with Crippen molar-refractivity contribution in [3.05, 3.63) is 83.7 Å². The van der Waals surface area contributed by atoms with Crippen molar-refractivity contribution in [1.29, 1.82) is 0 Å². The van der Waals surface area contributed by atoms with Crippen LogP contribution in [-0.2, 0) is 13.0 Å². The fourth-order valence-corrected chi connectivity index (χ4v) is 3.77. The van der Waals surface area contributed by atoms with E-state index < -0.39 is 0 Å². The van der Waals surface area contributed by atoms with E-state index in [2.05, 4.69) is 45.7 Å². The van der Waals surface area contributed by atoms with Crippen LogP contribution in [0.3, 0.4) is 0 Å². The van der Waals surface area contributed by atoms with E-state index in [1.54, 1.807) is 12.4 Å². The van der Waals surface area contributed by atoms with Gasteiger partial charge in [-0.1, -0.05) is 30.3 Å². The van der Waals surface area contributed by atoms with Crippen LogP contribution in [0.4, 0.5) is 0 Å². The number of imidazole rings is 1. The highest BCUT2D eigenvalue weighted by atomic mass is 16.2. The Morgan fingerprint density at radius 1 is 1.15 bits per heavy atom. The first kappa shape index (κ1) is 17.5. The van der Waals surface area contributed by atoms with Gasteiger partial charge in [-0.25, -0.2) is 4.98 Å². The Hall–Kier alpha value is -2.95. The van der Waals surface area contributed by atoms with Gasteiger partial charge in [0.25, 0.3) is 5.91 Å². The van der Waals surface area contributed by atoms with E-state index in [-0.39, 0.29) is 5.91 Å². The molecule has 138 valence electrons. The van der Waals surface area contributed by atoms with Crippen LogP contribution >= 0.6 is 0 Å². The molecule has 0 N–H and O–H groups in total. The van der Waals surface area contributed by atoms with Crippen LogP contribution in [-0.4, -0.2) is 38.4 Å². The maximum Gasteiger partial charge on any atom is 0.255 e. The zero-order valence-electron chi connectivity index (χ0n) is 15.6. The molecule has 1 fully saturated rings. The number of hydrogen-bond acceptors (Lipinski definition) is 3. The monoisotopic (exact) mass is 360 g/mol. The van der Waals surface area contributed by atoms with E-state index in [1.165, 1.54) is 11.3 Å². The number of carbonyl (C=O) groups excluding carboxylic acids is 1. The molecule has 2 aromatic heterocycles. The largest absolute Gasteiger partial charge is 0.338 e. The number of likely N-dealkylation sites (tertiary alicyclic amines) is 1. The Bertz CT molecular complexity index is 905. The third kappa shape index (κ3) is 3.92. The molecule has 5 heteroatoms. The molecule has 1 aliphatic rings. The molecule has 0 spiro atoms. The van der Waals surface area contributed by atoms with E-state index in [0.29, 0.717) is 11.5 Å². The summed E-state index contributed by atoms with van der Waals surface area (Å²) in [6, 6.07) is 14.1. The fraction of sp³-hybridized carbons (Fsp3) is 0.318. The van der Waals surface area contributed by atoms with Crippen molar-refractivity contribution < 1.29 is 4.79 Å². The lowest BCUT2D eigenvalue weighted by atomic mass is 10.0. The first-order valence-corrected chi connectivity index (χ1v) is 9.45. The van der Waals surface area contributed by atoms with Crippen LogP contribution in [0.1, 0.15) is 33.9 Å². The standard InChI is InChI=1S/C22H24N4O/c1-17-13-24-21(26(17)16-18-6-3-2-4-7-18)12-19-9-11-25(15-19)22(27)20-8-5-10-23-14-20/h2-8,10,13-14,19H,9,11-12,15-16H2,1H3. The molecular formula is C22H24N4O. The van der Waals surface area contributed by atoms with Gasteiger partial charge >= 0.3 is 0 Å². The number of hydrogen-bond donors (Lipinski definition) is 0. The smallest absolute Gasteiger partial charge is 0.255 e. The number of benzene rings is 1. The minimum atomic E-state index is 0.0782. The predicted molar refractivity (Wildman–Crippen MR) is 104 cm³/mol. The Labute approximate surface area is 159 Å². The van der Waals surface area contributed by atoms with Crippen molar-refractivity contribution in [2.24, 2.45) is 5.92 Å². The highest BCUT2D eigenvalue weighted by Gasteiger charge is 2.28. The molecule has 5 nitrogen and oxygen atoms in total. The van der Waals surface area contributed by atoms with Gasteiger partial charge in [-0.2, -0.15) is 0 Å². The molecule has 3 heterocycles. The van der Waals surface area contributed by atoms with Crippen molar-refractivity contribution in [2.45, 2.75) is 26.3 Å². The molecule has 1 aromatic carbocycles. The van der Waals surface area contributed by atoms with Gasteiger partial charge in [0.2, 0.25) is 0 Å². The molecule has 3 aromatic rings. The summed E-state index contributed by atoms with van der Waals surface area (Å²) < 4.78 is 2.29. The molecule has 0 aliphatic carbocycles. The van der Waals surface area contributed by atoms with Gasteiger partial charge in [0, 0.05) is 50.3 Å². The predicted octanol–water partition coefficient (Wildman–Crippen LogP) is 3.34. The molecule has 0 radical (unpaired) electrons. The Morgan fingerprint density at radius 2 is 2.00 bits per heavy atom. The van der Waals surface area contributed by atoms with Crippen molar-refractivity contribution >= 4 is 5.91 Å². The third-order valence-corrected chi connectivity index (χ3v) is 5.27. The van der Waals surface area contributed by atoms with Crippen molar-refractivity contribution in [2.75, 3.05) is 13.1 Å². The summed E-state index contributed by atoms with van der Waals surface area (Å²) in [6.45, 7) is 4.53. The lowest BCUT2D eigenvalue weighted by molar-refractivity contribution is 0.0786. The zero-order chi connectivity index (χ0) is 18.6. The van der Waals surface area contributed by atoms with E-state index in [0.717, 1.165) is 38.3 Å². The summed E-state index contributed by atoms with van der Waals surface area (Å²) in [6.07, 6.45) is 7.20. The van der Waals surface area contributed by atoms with Gasteiger partial charge in [0.1, 0.15) is 5.82 Å². The molecule has 1 atom stereocenters. The molecule has 4 rings (SSSR count). The Balaban J connectivity index is 1.43. The van der Waals surface area contributed by atoms with Crippen LogP contribution < -0.4 is 0 Å². The first-order chi connectivity index (χ1) is 13.2. The van der Waals surface area contributed by atoms with E-state index in [4.69, 9.17) is 0 Å². The van der Waals surface area contributed by atoms with Crippen LogP contribution in [0.25, 0.3) is 0 Å². The van der Waals surface area contributed by atoms with E-state index in [9.17, 15) is 4.79 Å². The number of nitrogens with zero attached hydrogens (tertiary/aromatic N) is 4. The molecule has 1 saturated heterocycles. The number of aromatic nitrogens is 3. The molecule has 0 saturated carbocycles. The second-order valence-corrected chi connectivity index (χ2v) is 7.24. The van der Waals surface area contributed by atoms with Crippen LogP contribution in [0.5, 0.6) is 0 Å². The Morgan fingerprint density at radius 3 is 2.78 bits per heavy atom. The van der Waals surface area contributed by atoms with Crippen LogP contribution in [0.15, 0.2) is 61.1 Å². The Kier molecular flexibility index (Phi) is 5.01. The van der Waals surface area contributed by atoms with Gasteiger partial charge in [-0.3, -0.25) is 9.78 Å². The molecular weight excluding hydrogens is 336 g/mol. The lowest BCUT2D eigenvalue weighted by Gasteiger charge is -2.17. The van der Waals surface area contributed by atoms with Gasteiger partial charge in [-0.05, 0) is 37.0 Å². The molecule has 1 amide bonds. The summed E-state index contributed by atoms with van der Waals surface area (Å²) in [5.41, 5.74) is 3.12. The van der Waals surface area contributed by atoms with Crippen LogP contribution in [0, 0.1) is 12.8 Å². The van der Waals surface area contributed by atoms with Gasteiger partial charge in [-0.15, -0.1) is 0 Å². The van der Waals surface area contributed by atoms with Crippen molar-refractivity contribution in [3.63, 3.8) is 0 Å². The number of aryl methyl sites for hydroxylation is 1. The summed E-state index contributed by atoms with van der Waals surface area (Å²) in [5, 5.41) is 0. The summed E-state index contributed by atoms with van der Waals surface area (Å²) in [5.74, 6) is 1.63. The summed E-state index contributed by atoms with van der Waals surface area (Å²) in [4.78, 5) is 23.3. The van der Waals surface area contributed by atoms with Crippen LogP contribution in [0.2, 0.25) is 0 Å². The average molecular weight is 360 g/mol. The maximum absolute atomic E-state index is 12.6. The quantitative estimate of drug-likeness (QED) is 0.701. The topological polar surface area (TPSA) is 51.0 Å². The summed E-state index contributed by atoms with van der Waals surface area (Å²) >= 11 is 0. The van der Waals surface area contributed by atoms with E-state index in [1.807, 2.05) is 29.3 Å². The van der Waals surface area contributed by atoms with E-state index >= 15 is 0 Å². The first-order valence-electron chi connectivity index (χ1n) is 9.45. The third-order valence-electron chi connectivity index (χ3n) is 5.27. The fourth-order valence-electron chi connectivity index (χ4n) is 3.77. The average Bonchev–Trinajstić information content (AvgIpc) is 3.31. The maximum atomic E-state index is 12.6. The highest BCUT2D eigenvalue weighted by molar-refractivity contribution is 5.94. The molecule has 1 unspecified atom stereocenters. The van der Waals surface area contributed by atoms with Crippen molar-refractivity contribution in [1.82, 2.24) is 19.4 Å². The molecule has 1 aliphatic heterocycles. The normalized spacial score (nSPS) is 16.6. The minimum Gasteiger partial charge on any atom is -0.338 e. The molecule has 0 bridgehead atoms. The lowest BCUT2D eigenvalue weighted by Crippen LogP contribution is -2.29. The number of rotatable bonds is 5.